The maximum absolute atomic E-state index is 8.26. The standard InChI is InChI=1S/C17H18ClN3O/c1-12-3-8-15-16(11-12)20(2)17(19)21(15)9-10-22-14-6-4-13(18)5-7-14/h3-8,11,19H,9-10H2,1-2H3. The van der Waals surface area contributed by atoms with E-state index in [1.165, 1.54) is 5.56 Å². The van der Waals surface area contributed by atoms with Crippen molar-refractivity contribution in [2.24, 2.45) is 7.05 Å². The van der Waals surface area contributed by atoms with E-state index in [1.54, 1.807) is 12.1 Å². The van der Waals surface area contributed by atoms with Crippen molar-refractivity contribution in [3.8, 4) is 5.75 Å². The first-order chi connectivity index (χ1) is 10.6. The van der Waals surface area contributed by atoms with Gasteiger partial charge in [-0.2, -0.15) is 0 Å². The summed E-state index contributed by atoms with van der Waals surface area (Å²) >= 11 is 5.86. The average Bonchev–Trinajstić information content (AvgIpc) is 2.74. The molecular weight excluding hydrogens is 298 g/mol. The van der Waals surface area contributed by atoms with Gasteiger partial charge in [0.2, 0.25) is 5.62 Å². The molecule has 3 rings (SSSR count). The molecule has 0 saturated carbocycles. The van der Waals surface area contributed by atoms with Gasteiger partial charge in [-0.15, -0.1) is 0 Å². The molecule has 1 heterocycles. The largest absolute Gasteiger partial charge is 0.492 e. The lowest BCUT2D eigenvalue weighted by Gasteiger charge is -2.08. The summed E-state index contributed by atoms with van der Waals surface area (Å²) in [7, 11) is 1.92. The minimum atomic E-state index is 0.473. The minimum Gasteiger partial charge on any atom is -0.492 e. The van der Waals surface area contributed by atoms with Crippen molar-refractivity contribution in [2.45, 2.75) is 13.5 Å². The number of hydrogen-bond acceptors (Lipinski definition) is 2. The zero-order valence-corrected chi connectivity index (χ0v) is 13.4. The Labute approximate surface area is 134 Å². The SMILES string of the molecule is Cc1ccc2c(c1)n(C)c(=N)n2CCOc1ccc(Cl)cc1. The van der Waals surface area contributed by atoms with Crippen LogP contribution < -0.4 is 10.4 Å². The zero-order chi connectivity index (χ0) is 15.7. The predicted octanol–water partition coefficient (Wildman–Crippen LogP) is 3.50. The lowest BCUT2D eigenvalue weighted by Crippen LogP contribution is -2.24. The van der Waals surface area contributed by atoms with Gasteiger partial charge in [0.1, 0.15) is 12.4 Å². The Morgan fingerprint density at radius 2 is 1.82 bits per heavy atom. The number of halogens is 1. The number of aromatic nitrogens is 2. The Kier molecular flexibility index (Phi) is 3.94. The van der Waals surface area contributed by atoms with E-state index < -0.39 is 0 Å². The number of aryl methyl sites for hydroxylation is 2. The van der Waals surface area contributed by atoms with Crippen LogP contribution in [0.2, 0.25) is 5.02 Å². The van der Waals surface area contributed by atoms with Crippen LogP contribution in [0.5, 0.6) is 5.75 Å². The second kappa shape index (κ2) is 5.89. The highest BCUT2D eigenvalue weighted by Gasteiger charge is 2.08. The fourth-order valence-corrected chi connectivity index (χ4v) is 2.68. The van der Waals surface area contributed by atoms with Crippen LogP contribution >= 0.6 is 11.6 Å². The van der Waals surface area contributed by atoms with Crippen molar-refractivity contribution < 1.29 is 4.74 Å². The van der Waals surface area contributed by atoms with E-state index in [9.17, 15) is 0 Å². The number of hydrogen-bond donors (Lipinski definition) is 1. The van der Waals surface area contributed by atoms with Crippen molar-refractivity contribution in [1.82, 2.24) is 9.13 Å². The highest BCUT2D eigenvalue weighted by Crippen LogP contribution is 2.16. The molecule has 2 aromatic carbocycles. The van der Waals surface area contributed by atoms with E-state index in [1.807, 2.05) is 28.3 Å². The predicted molar refractivity (Wildman–Crippen MR) is 88.4 cm³/mol. The van der Waals surface area contributed by atoms with Crippen LogP contribution in [-0.2, 0) is 13.6 Å². The van der Waals surface area contributed by atoms with Crippen molar-refractivity contribution in [3.05, 3.63) is 58.7 Å². The van der Waals surface area contributed by atoms with Crippen LogP contribution in [0.3, 0.4) is 0 Å². The van der Waals surface area contributed by atoms with Crippen LogP contribution in [-0.4, -0.2) is 15.7 Å². The van der Waals surface area contributed by atoms with E-state index >= 15 is 0 Å². The van der Waals surface area contributed by atoms with Gasteiger partial charge >= 0.3 is 0 Å². The van der Waals surface area contributed by atoms with E-state index in [-0.39, 0.29) is 0 Å². The second-order valence-electron chi connectivity index (χ2n) is 5.33. The molecule has 3 aromatic rings. The average molecular weight is 316 g/mol. The number of imidazole rings is 1. The number of fused-ring (bicyclic) bond motifs is 1. The summed E-state index contributed by atoms with van der Waals surface area (Å²) in [5, 5.41) is 8.95. The molecule has 0 fully saturated rings. The Morgan fingerprint density at radius 3 is 2.55 bits per heavy atom. The molecular formula is C17H18ClN3O. The Hall–Kier alpha value is -2.20. The van der Waals surface area contributed by atoms with E-state index in [0.717, 1.165) is 16.8 Å². The summed E-state index contributed by atoms with van der Waals surface area (Å²) in [5.41, 5.74) is 3.78. The van der Waals surface area contributed by atoms with E-state index in [4.69, 9.17) is 21.7 Å². The molecule has 0 radical (unpaired) electrons. The third kappa shape index (κ3) is 2.74. The molecule has 0 aliphatic rings. The topological polar surface area (TPSA) is 42.9 Å². The van der Waals surface area contributed by atoms with Crippen LogP contribution in [0.15, 0.2) is 42.5 Å². The maximum atomic E-state index is 8.26. The summed E-state index contributed by atoms with van der Waals surface area (Å²) in [5.74, 6) is 0.785. The van der Waals surface area contributed by atoms with Gasteiger partial charge in [-0.3, -0.25) is 5.41 Å². The molecule has 4 nitrogen and oxygen atoms in total. The minimum absolute atomic E-state index is 0.473. The van der Waals surface area contributed by atoms with Gasteiger partial charge in [-0.25, -0.2) is 0 Å². The first-order valence-electron chi connectivity index (χ1n) is 7.15. The Balaban J connectivity index is 1.81. The summed E-state index contributed by atoms with van der Waals surface area (Å²) in [6.07, 6.45) is 0. The molecule has 0 aliphatic carbocycles. The lowest BCUT2D eigenvalue weighted by molar-refractivity contribution is 0.297. The quantitative estimate of drug-likeness (QED) is 0.786. The van der Waals surface area contributed by atoms with Gasteiger partial charge in [0.15, 0.2) is 0 Å². The number of nitrogens with one attached hydrogen (secondary N) is 1. The van der Waals surface area contributed by atoms with Gasteiger partial charge in [0, 0.05) is 12.1 Å². The van der Waals surface area contributed by atoms with Gasteiger partial charge < -0.3 is 13.9 Å². The first-order valence-corrected chi connectivity index (χ1v) is 7.53. The van der Waals surface area contributed by atoms with Crippen LogP contribution in [0.1, 0.15) is 5.56 Å². The number of benzene rings is 2. The van der Waals surface area contributed by atoms with Crippen LogP contribution in [0, 0.1) is 12.3 Å². The normalized spacial score (nSPS) is 11.0. The molecule has 0 unspecified atom stereocenters. The molecule has 114 valence electrons. The van der Waals surface area contributed by atoms with Gasteiger partial charge in [-0.05, 0) is 48.9 Å². The smallest absolute Gasteiger partial charge is 0.202 e. The Morgan fingerprint density at radius 1 is 1.09 bits per heavy atom. The third-order valence-corrected chi connectivity index (χ3v) is 4.01. The second-order valence-corrected chi connectivity index (χ2v) is 5.77. The molecule has 0 amide bonds. The van der Waals surface area contributed by atoms with Crippen LogP contribution in [0.4, 0.5) is 0 Å². The molecule has 0 atom stereocenters. The molecule has 1 aromatic heterocycles. The number of ether oxygens (including phenoxy) is 1. The molecule has 0 aliphatic heterocycles. The van der Waals surface area contributed by atoms with E-state index in [2.05, 4.69) is 25.1 Å². The van der Waals surface area contributed by atoms with Gasteiger partial charge in [-0.1, -0.05) is 17.7 Å². The molecule has 5 heteroatoms. The molecule has 0 bridgehead atoms. The molecule has 22 heavy (non-hydrogen) atoms. The first kappa shape index (κ1) is 14.7. The fraction of sp³-hybridized carbons (Fsp3) is 0.235. The van der Waals surface area contributed by atoms with Crippen molar-refractivity contribution in [2.75, 3.05) is 6.61 Å². The fourth-order valence-electron chi connectivity index (χ4n) is 2.55. The summed E-state index contributed by atoms with van der Waals surface area (Å²) in [4.78, 5) is 0. The van der Waals surface area contributed by atoms with Crippen molar-refractivity contribution in [1.29, 1.82) is 5.41 Å². The van der Waals surface area contributed by atoms with Gasteiger partial charge in [0.25, 0.3) is 0 Å². The van der Waals surface area contributed by atoms with Gasteiger partial charge in [0.05, 0.1) is 17.6 Å². The summed E-state index contributed by atoms with van der Waals surface area (Å²) in [6, 6.07) is 13.5. The van der Waals surface area contributed by atoms with Crippen LogP contribution in [0.25, 0.3) is 11.0 Å². The summed E-state index contributed by atoms with van der Waals surface area (Å²) < 4.78 is 9.59. The van der Waals surface area contributed by atoms with Crippen molar-refractivity contribution >= 4 is 22.6 Å². The highest BCUT2D eigenvalue weighted by molar-refractivity contribution is 6.30. The zero-order valence-electron chi connectivity index (χ0n) is 12.6. The third-order valence-electron chi connectivity index (χ3n) is 3.75. The lowest BCUT2D eigenvalue weighted by atomic mass is 10.2. The monoisotopic (exact) mass is 315 g/mol. The van der Waals surface area contributed by atoms with E-state index in [0.29, 0.717) is 23.8 Å². The molecule has 0 spiro atoms. The maximum Gasteiger partial charge on any atom is 0.202 e. The number of nitrogens with zero attached hydrogens (tertiary/aromatic N) is 2. The number of rotatable bonds is 4. The molecule has 0 saturated heterocycles. The van der Waals surface area contributed by atoms with Crippen molar-refractivity contribution in [3.63, 3.8) is 0 Å². The summed E-state index contributed by atoms with van der Waals surface area (Å²) in [6.45, 7) is 3.19. The Bertz CT molecular complexity index is 862. The molecule has 1 N–H and O–H groups in total. The highest BCUT2D eigenvalue weighted by atomic mass is 35.5.